The molecule has 1 aromatic heterocycles. The van der Waals surface area contributed by atoms with Crippen LogP contribution in [0.2, 0.25) is 0 Å². The highest BCUT2D eigenvalue weighted by Crippen LogP contribution is 2.39. The average Bonchev–Trinajstić information content (AvgIpc) is 2.91. The van der Waals surface area contributed by atoms with Crippen LogP contribution in [0.15, 0.2) is 30.3 Å². The molecule has 2 N–H and O–H groups in total. The molecule has 104 valence electrons. The topological polar surface area (TPSA) is 49.3 Å². The molecule has 3 rings (SSSR count). The van der Waals surface area contributed by atoms with Crippen molar-refractivity contribution >= 4 is 17.2 Å². The van der Waals surface area contributed by atoms with E-state index in [0.717, 1.165) is 17.7 Å². The molecule has 0 spiro atoms. The second kappa shape index (κ2) is 5.38. The number of aliphatic hydroxyl groups excluding tert-OH is 1. The van der Waals surface area contributed by atoms with Crippen LogP contribution < -0.4 is 5.32 Å². The van der Waals surface area contributed by atoms with Crippen molar-refractivity contribution in [1.29, 1.82) is 0 Å². The van der Waals surface area contributed by atoms with E-state index >= 15 is 0 Å². The summed E-state index contributed by atoms with van der Waals surface area (Å²) in [5.41, 5.74) is 3.88. The number of amides is 1. The van der Waals surface area contributed by atoms with E-state index in [-0.39, 0.29) is 18.6 Å². The van der Waals surface area contributed by atoms with E-state index < -0.39 is 0 Å². The molecular formula is C16H17NO2S. The van der Waals surface area contributed by atoms with Crippen LogP contribution in [0.5, 0.6) is 0 Å². The molecule has 20 heavy (non-hydrogen) atoms. The maximum Gasteiger partial charge on any atom is 0.261 e. The van der Waals surface area contributed by atoms with E-state index in [4.69, 9.17) is 5.11 Å². The van der Waals surface area contributed by atoms with Crippen LogP contribution in [0.25, 0.3) is 10.4 Å². The molecule has 0 fully saturated rings. The Morgan fingerprint density at radius 2 is 2.10 bits per heavy atom. The van der Waals surface area contributed by atoms with Crippen LogP contribution in [0.3, 0.4) is 0 Å². The number of thiophene rings is 1. The Kier molecular flexibility index (Phi) is 3.59. The van der Waals surface area contributed by atoms with Gasteiger partial charge in [-0.3, -0.25) is 4.79 Å². The lowest BCUT2D eigenvalue weighted by atomic mass is 9.91. The highest BCUT2D eigenvalue weighted by Gasteiger charge is 2.21. The van der Waals surface area contributed by atoms with E-state index in [1.54, 1.807) is 18.3 Å². The number of carbonyl (C=O) groups excluding carboxylic acids is 1. The predicted octanol–water partition coefficient (Wildman–Crippen LogP) is 2.62. The van der Waals surface area contributed by atoms with Gasteiger partial charge in [-0.05, 0) is 42.5 Å². The number of aliphatic hydroxyl groups is 1. The summed E-state index contributed by atoms with van der Waals surface area (Å²) in [5, 5.41) is 11.8. The zero-order valence-electron chi connectivity index (χ0n) is 11.3. The minimum atomic E-state index is -0.214. The van der Waals surface area contributed by atoms with Crippen molar-refractivity contribution in [2.75, 3.05) is 6.61 Å². The van der Waals surface area contributed by atoms with Gasteiger partial charge in [0.05, 0.1) is 11.5 Å². The fourth-order valence-electron chi connectivity index (χ4n) is 2.52. The SMILES string of the molecule is CC(CO)NC(=O)c1cc2c(s1)-c1ccccc1CC2. The van der Waals surface area contributed by atoms with Crippen LogP contribution in [-0.4, -0.2) is 23.7 Å². The second-order valence-electron chi connectivity index (χ2n) is 5.18. The largest absolute Gasteiger partial charge is 0.394 e. The highest BCUT2D eigenvalue weighted by molar-refractivity contribution is 7.17. The number of fused-ring (bicyclic) bond motifs is 3. The molecule has 1 unspecified atom stereocenters. The number of carbonyl (C=O) groups is 1. The zero-order chi connectivity index (χ0) is 14.1. The molecule has 0 bridgehead atoms. The average molecular weight is 287 g/mol. The molecule has 1 amide bonds. The maximum atomic E-state index is 12.1. The van der Waals surface area contributed by atoms with Gasteiger partial charge in [0.25, 0.3) is 5.91 Å². The fraction of sp³-hybridized carbons (Fsp3) is 0.312. The molecule has 0 aliphatic heterocycles. The molecule has 0 saturated carbocycles. The highest BCUT2D eigenvalue weighted by atomic mass is 32.1. The van der Waals surface area contributed by atoms with Crippen molar-refractivity contribution in [3.8, 4) is 10.4 Å². The summed E-state index contributed by atoms with van der Waals surface area (Å²) in [7, 11) is 0. The number of aryl methyl sites for hydroxylation is 2. The monoisotopic (exact) mass is 287 g/mol. The molecule has 0 radical (unpaired) electrons. The lowest BCUT2D eigenvalue weighted by Gasteiger charge is -2.15. The molecule has 1 heterocycles. The quantitative estimate of drug-likeness (QED) is 0.911. The van der Waals surface area contributed by atoms with E-state index in [9.17, 15) is 4.79 Å². The molecule has 4 heteroatoms. The number of hydrogen-bond donors (Lipinski definition) is 2. The summed E-state index contributed by atoms with van der Waals surface area (Å²) >= 11 is 1.54. The Labute approximate surface area is 122 Å². The van der Waals surface area contributed by atoms with Crippen molar-refractivity contribution in [2.24, 2.45) is 0 Å². The van der Waals surface area contributed by atoms with Crippen molar-refractivity contribution in [3.05, 3.63) is 46.3 Å². The summed E-state index contributed by atoms with van der Waals surface area (Å²) in [5.74, 6) is -0.0940. The molecule has 1 aliphatic rings. The summed E-state index contributed by atoms with van der Waals surface area (Å²) in [6.45, 7) is 1.75. The van der Waals surface area contributed by atoms with E-state index in [1.165, 1.54) is 21.6 Å². The number of nitrogens with one attached hydrogen (secondary N) is 1. The number of rotatable bonds is 3. The van der Waals surface area contributed by atoms with Gasteiger partial charge in [-0.25, -0.2) is 0 Å². The van der Waals surface area contributed by atoms with Crippen LogP contribution >= 0.6 is 11.3 Å². The maximum absolute atomic E-state index is 12.1. The van der Waals surface area contributed by atoms with Gasteiger partial charge < -0.3 is 10.4 Å². The number of benzene rings is 1. The van der Waals surface area contributed by atoms with Gasteiger partial charge in [0.15, 0.2) is 0 Å². The summed E-state index contributed by atoms with van der Waals surface area (Å²) in [6, 6.07) is 10.2. The lowest BCUT2D eigenvalue weighted by Crippen LogP contribution is -2.34. The Hall–Kier alpha value is -1.65. The van der Waals surface area contributed by atoms with Crippen molar-refractivity contribution in [1.82, 2.24) is 5.32 Å². The Bertz CT molecular complexity index is 648. The van der Waals surface area contributed by atoms with Crippen LogP contribution in [0.1, 0.15) is 27.7 Å². The van der Waals surface area contributed by atoms with Crippen LogP contribution in [0.4, 0.5) is 0 Å². The van der Waals surface area contributed by atoms with Crippen molar-refractivity contribution < 1.29 is 9.90 Å². The Balaban J connectivity index is 1.92. The molecule has 2 aromatic rings. The van der Waals surface area contributed by atoms with Gasteiger partial charge in [0.1, 0.15) is 0 Å². The van der Waals surface area contributed by atoms with E-state index in [0.29, 0.717) is 0 Å². The third-order valence-corrected chi connectivity index (χ3v) is 4.82. The van der Waals surface area contributed by atoms with Gasteiger partial charge in [0.2, 0.25) is 0 Å². The third kappa shape index (κ3) is 2.37. The smallest absolute Gasteiger partial charge is 0.261 e. The first-order valence-electron chi connectivity index (χ1n) is 6.81. The minimum absolute atomic E-state index is 0.0420. The minimum Gasteiger partial charge on any atom is -0.394 e. The summed E-state index contributed by atoms with van der Waals surface area (Å²) in [6.07, 6.45) is 2.03. The lowest BCUT2D eigenvalue weighted by molar-refractivity contribution is 0.0926. The van der Waals surface area contributed by atoms with Gasteiger partial charge >= 0.3 is 0 Å². The first kappa shape index (κ1) is 13.3. The standard InChI is InChI=1S/C16H17NO2S/c1-10(9-18)17-16(19)14-8-12-7-6-11-4-2-3-5-13(11)15(12)20-14/h2-5,8,10,18H,6-7,9H2,1H3,(H,17,19). The molecule has 1 atom stereocenters. The Morgan fingerprint density at radius 3 is 2.90 bits per heavy atom. The molecule has 1 aliphatic carbocycles. The fourth-order valence-corrected chi connectivity index (χ4v) is 3.70. The van der Waals surface area contributed by atoms with Crippen LogP contribution in [-0.2, 0) is 12.8 Å². The first-order valence-corrected chi connectivity index (χ1v) is 7.63. The molecule has 3 nitrogen and oxygen atoms in total. The van der Waals surface area contributed by atoms with Crippen molar-refractivity contribution in [3.63, 3.8) is 0 Å². The first-order chi connectivity index (χ1) is 9.69. The van der Waals surface area contributed by atoms with Gasteiger partial charge in [0, 0.05) is 10.9 Å². The van der Waals surface area contributed by atoms with Gasteiger partial charge in [-0.1, -0.05) is 24.3 Å². The third-order valence-electron chi connectivity index (χ3n) is 3.61. The molecule has 0 saturated heterocycles. The van der Waals surface area contributed by atoms with Crippen LogP contribution in [0, 0.1) is 0 Å². The summed E-state index contributed by atoms with van der Waals surface area (Å²) < 4.78 is 0. The second-order valence-corrected chi connectivity index (χ2v) is 6.23. The molecule has 1 aromatic carbocycles. The predicted molar refractivity (Wildman–Crippen MR) is 81.2 cm³/mol. The van der Waals surface area contributed by atoms with Crippen molar-refractivity contribution in [2.45, 2.75) is 25.8 Å². The molecular weight excluding hydrogens is 270 g/mol. The van der Waals surface area contributed by atoms with Gasteiger partial charge in [-0.15, -0.1) is 11.3 Å². The van der Waals surface area contributed by atoms with E-state index in [2.05, 4.69) is 23.5 Å². The zero-order valence-corrected chi connectivity index (χ0v) is 12.2. The van der Waals surface area contributed by atoms with E-state index in [1.807, 2.05) is 12.1 Å². The Morgan fingerprint density at radius 1 is 1.35 bits per heavy atom. The number of hydrogen-bond acceptors (Lipinski definition) is 3. The normalized spacial score (nSPS) is 14.3. The summed E-state index contributed by atoms with van der Waals surface area (Å²) in [4.78, 5) is 14.1. The van der Waals surface area contributed by atoms with Gasteiger partial charge in [-0.2, -0.15) is 0 Å².